The summed E-state index contributed by atoms with van der Waals surface area (Å²) in [7, 11) is 0. The molecule has 2 aliphatic rings. The summed E-state index contributed by atoms with van der Waals surface area (Å²) in [5, 5.41) is 2.72. The maximum absolute atomic E-state index is 2.43. The van der Waals surface area contributed by atoms with E-state index in [0.29, 0.717) is 17.8 Å². The van der Waals surface area contributed by atoms with E-state index < -0.39 is 0 Å². The minimum absolute atomic E-state index is 0.448. The molecule has 0 spiro atoms. The molecule has 0 N–H and O–H groups in total. The van der Waals surface area contributed by atoms with Gasteiger partial charge in [-0.2, -0.15) is 0 Å². The molecule has 2 aliphatic carbocycles. The summed E-state index contributed by atoms with van der Waals surface area (Å²) in [6, 6.07) is 15.5. The summed E-state index contributed by atoms with van der Waals surface area (Å²) in [5.41, 5.74) is 4.46. The fourth-order valence-corrected chi connectivity index (χ4v) is 3.99. The van der Waals surface area contributed by atoms with Gasteiger partial charge in [0.1, 0.15) is 0 Å². The lowest BCUT2D eigenvalue weighted by molar-refractivity contribution is 0.613. The summed E-state index contributed by atoms with van der Waals surface area (Å²) in [4.78, 5) is 0. The summed E-state index contributed by atoms with van der Waals surface area (Å²) in [6.45, 7) is 4.63. The van der Waals surface area contributed by atoms with Gasteiger partial charge < -0.3 is 0 Å². The van der Waals surface area contributed by atoms with E-state index in [1.54, 1.807) is 5.57 Å². The van der Waals surface area contributed by atoms with Crippen molar-refractivity contribution in [3.8, 4) is 0 Å². The topological polar surface area (TPSA) is 0 Å². The first kappa shape index (κ1) is 14.3. The number of fused-ring (bicyclic) bond motifs is 2. The Morgan fingerprint density at radius 2 is 1.70 bits per heavy atom. The minimum Gasteiger partial charge on any atom is -0.0761 e. The van der Waals surface area contributed by atoms with E-state index in [9.17, 15) is 0 Å². The Morgan fingerprint density at radius 1 is 0.870 bits per heavy atom. The SMILES string of the molecule is CC(C)C1=CC2=CC=CC=CC2C1c1cccc2ccccc12. The summed E-state index contributed by atoms with van der Waals surface area (Å²) < 4.78 is 0. The molecule has 23 heavy (non-hydrogen) atoms. The van der Waals surface area contributed by atoms with Crippen LogP contribution < -0.4 is 0 Å². The molecule has 2 unspecified atom stereocenters. The highest BCUT2D eigenvalue weighted by atomic mass is 14.4. The van der Waals surface area contributed by atoms with E-state index >= 15 is 0 Å². The molecule has 0 aliphatic heterocycles. The van der Waals surface area contributed by atoms with E-state index in [4.69, 9.17) is 0 Å². The quantitative estimate of drug-likeness (QED) is 0.620. The second kappa shape index (κ2) is 5.70. The summed E-state index contributed by atoms with van der Waals surface area (Å²) in [5.74, 6) is 1.46. The molecule has 0 radical (unpaired) electrons. The Morgan fingerprint density at radius 3 is 2.57 bits per heavy atom. The molecule has 0 aromatic heterocycles. The first-order valence-electron chi connectivity index (χ1n) is 8.50. The van der Waals surface area contributed by atoms with Crippen molar-refractivity contribution >= 4 is 10.8 Å². The number of hydrogen-bond acceptors (Lipinski definition) is 0. The van der Waals surface area contributed by atoms with Crippen LogP contribution in [0.2, 0.25) is 0 Å². The molecule has 0 bridgehead atoms. The van der Waals surface area contributed by atoms with Crippen molar-refractivity contribution in [2.45, 2.75) is 19.8 Å². The normalized spacial score (nSPS) is 22.9. The molecule has 4 rings (SSSR count). The third-order valence-corrected chi connectivity index (χ3v) is 5.09. The molecule has 0 fully saturated rings. The van der Waals surface area contributed by atoms with Crippen molar-refractivity contribution in [1.29, 1.82) is 0 Å². The van der Waals surface area contributed by atoms with E-state index in [1.807, 2.05) is 0 Å². The molecule has 2 aromatic carbocycles. The Bertz CT molecular complexity index is 853. The minimum atomic E-state index is 0.448. The van der Waals surface area contributed by atoms with Crippen LogP contribution in [0.25, 0.3) is 10.8 Å². The average molecular weight is 298 g/mol. The van der Waals surface area contributed by atoms with Crippen LogP contribution in [0, 0.1) is 11.8 Å². The molecular formula is C23H22. The number of rotatable bonds is 2. The molecule has 0 nitrogen and oxygen atoms in total. The van der Waals surface area contributed by atoms with Crippen molar-refractivity contribution < 1.29 is 0 Å². The van der Waals surface area contributed by atoms with Crippen molar-refractivity contribution in [2.24, 2.45) is 11.8 Å². The zero-order valence-corrected chi connectivity index (χ0v) is 13.7. The maximum Gasteiger partial charge on any atom is 0.0164 e. The van der Waals surface area contributed by atoms with Crippen LogP contribution in [0.3, 0.4) is 0 Å². The molecule has 2 aromatic rings. The van der Waals surface area contributed by atoms with Crippen LogP contribution in [-0.4, -0.2) is 0 Å². The van der Waals surface area contributed by atoms with Gasteiger partial charge in [0.15, 0.2) is 0 Å². The lowest BCUT2D eigenvalue weighted by Gasteiger charge is -2.25. The number of benzene rings is 2. The van der Waals surface area contributed by atoms with Crippen LogP contribution in [0.1, 0.15) is 25.3 Å². The zero-order valence-electron chi connectivity index (χ0n) is 13.7. The average Bonchev–Trinajstić information content (AvgIpc) is 2.77. The summed E-state index contributed by atoms with van der Waals surface area (Å²) >= 11 is 0. The van der Waals surface area contributed by atoms with Crippen LogP contribution in [0.4, 0.5) is 0 Å². The maximum atomic E-state index is 2.43. The predicted octanol–water partition coefficient (Wildman–Crippen LogP) is 6.19. The van der Waals surface area contributed by atoms with Gasteiger partial charge in [-0.05, 0) is 27.8 Å². The first-order valence-corrected chi connectivity index (χ1v) is 8.50. The third-order valence-electron chi connectivity index (χ3n) is 5.09. The molecule has 0 saturated carbocycles. The van der Waals surface area contributed by atoms with Crippen LogP contribution >= 0.6 is 0 Å². The van der Waals surface area contributed by atoms with Gasteiger partial charge in [0.25, 0.3) is 0 Å². The molecule has 0 saturated heterocycles. The Labute approximate surface area is 138 Å². The Balaban J connectivity index is 1.93. The van der Waals surface area contributed by atoms with Crippen molar-refractivity contribution in [1.82, 2.24) is 0 Å². The van der Waals surface area contributed by atoms with Gasteiger partial charge >= 0.3 is 0 Å². The lowest BCUT2D eigenvalue weighted by Crippen LogP contribution is -2.12. The number of allylic oxidation sites excluding steroid dienone is 8. The summed E-state index contributed by atoms with van der Waals surface area (Å²) in [6.07, 6.45) is 13.6. The second-order valence-electron chi connectivity index (χ2n) is 6.81. The molecule has 0 heterocycles. The van der Waals surface area contributed by atoms with Crippen molar-refractivity contribution in [3.05, 3.63) is 95.6 Å². The van der Waals surface area contributed by atoms with Crippen molar-refractivity contribution in [3.63, 3.8) is 0 Å². The van der Waals surface area contributed by atoms with Gasteiger partial charge in [-0.25, -0.2) is 0 Å². The molecule has 2 atom stereocenters. The van der Waals surface area contributed by atoms with Gasteiger partial charge in [0.2, 0.25) is 0 Å². The van der Waals surface area contributed by atoms with Gasteiger partial charge in [0, 0.05) is 11.8 Å². The van der Waals surface area contributed by atoms with Gasteiger partial charge in [-0.15, -0.1) is 0 Å². The highest BCUT2D eigenvalue weighted by Gasteiger charge is 2.34. The second-order valence-corrected chi connectivity index (χ2v) is 6.81. The zero-order chi connectivity index (χ0) is 15.8. The molecule has 0 heteroatoms. The van der Waals surface area contributed by atoms with Gasteiger partial charge in [-0.3, -0.25) is 0 Å². The molecule has 0 amide bonds. The predicted molar refractivity (Wildman–Crippen MR) is 99.5 cm³/mol. The van der Waals surface area contributed by atoms with Crippen LogP contribution in [-0.2, 0) is 0 Å². The van der Waals surface area contributed by atoms with E-state index in [-0.39, 0.29) is 0 Å². The Kier molecular flexibility index (Phi) is 3.53. The van der Waals surface area contributed by atoms with E-state index in [2.05, 4.69) is 92.8 Å². The standard InChI is InChI=1S/C23H22/c1-16(2)22-15-18-10-4-3-5-13-20(18)23(22)21-14-8-11-17-9-6-7-12-19(17)21/h3-16,20,23H,1-2H3. The highest BCUT2D eigenvalue weighted by molar-refractivity contribution is 5.87. The monoisotopic (exact) mass is 298 g/mol. The van der Waals surface area contributed by atoms with E-state index in [1.165, 1.54) is 21.9 Å². The fraction of sp³-hybridized carbons (Fsp3) is 0.217. The van der Waals surface area contributed by atoms with Crippen LogP contribution in [0.15, 0.2) is 90.1 Å². The Hall–Kier alpha value is -2.34. The van der Waals surface area contributed by atoms with Crippen molar-refractivity contribution in [2.75, 3.05) is 0 Å². The van der Waals surface area contributed by atoms with Crippen LogP contribution in [0.5, 0.6) is 0 Å². The van der Waals surface area contributed by atoms with Gasteiger partial charge in [0.05, 0.1) is 0 Å². The third kappa shape index (κ3) is 2.39. The highest BCUT2D eigenvalue weighted by Crippen LogP contribution is 2.48. The lowest BCUT2D eigenvalue weighted by atomic mass is 9.78. The smallest absolute Gasteiger partial charge is 0.0164 e. The number of hydrogen-bond donors (Lipinski definition) is 0. The molecule has 114 valence electrons. The largest absolute Gasteiger partial charge is 0.0761 e. The van der Waals surface area contributed by atoms with E-state index in [0.717, 1.165) is 0 Å². The fourth-order valence-electron chi connectivity index (χ4n) is 3.99. The van der Waals surface area contributed by atoms with Gasteiger partial charge in [-0.1, -0.05) is 98.3 Å². The first-order chi connectivity index (χ1) is 11.3. The molecular weight excluding hydrogens is 276 g/mol.